The molecule has 22 heavy (non-hydrogen) atoms. The van der Waals surface area contributed by atoms with Crippen LogP contribution in [0.25, 0.3) is 0 Å². The Kier molecular flexibility index (Phi) is 5.67. The summed E-state index contributed by atoms with van der Waals surface area (Å²) in [6.07, 6.45) is 5.93. The first-order valence-corrected chi connectivity index (χ1v) is 9.93. The van der Waals surface area contributed by atoms with Gasteiger partial charge in [-0.2, -0.15) is 0 Å². The molecule has 3 nitrogen and oxygen atoms in total. The number of unbranched alkanes of at least 4 members (excludes halogenated alkanes) is 4. The van der Waals surface area contributed by atoms with Gasteiger partial charge >= 0.3 is 0 Å². The Morgan fingerprint density at radius 2 is 1.77 bits per heavy atom. The van der Waals surface area contributed by atoms with Crippen molar-refractivity contribution in [3.05, 3.63) is 30.3 Å². The number of hydrogen-bond acceptors (Lipinski definition) is 3. The molecule has 0 amide bonds. The Morgan fingerprint density at radius 1 is 1.18 bits per heavy atom. The van der Waals surface area contributed by atoms with Crippen LogP contribution in [-0.2, 0) is 9.84 Å². The monoisotopic (exact) mass is 324 g/mol. The molecule has 1 aliphatic rings. The van der Waals surface area contributed by atoms with E-state index in [0.717, 1.165) is 19.3 Å². The van der Waals surface area contributed by atoms with Crippen LogP contribution in [0.4, 0.5) is 0 Å². The molecule has 0 spiro atoms. The van der Waals surface area contributed by atoms with Gasteiger partial charge < -0.3 is 5.11 Å². The normalized spacial score (nSPS) is 25.9. The molecule has 0 radical (unpaired) electrons. The first-order chi connectivity index (χ1) is 10.5. The highest BCUT2D eigenvalue weighted by molar-refractivity contribution is 7.93. The summed E-state index contributed by atoms with van der Waals surface area (Å²) in [6, 6.07) is 8.56. The van der Waals surface area contributed by atoms with E-state index in [4.69, 9.17) is 0 Å². The predicted octanol–water partition coefficient (Wildman–Crippen LogP) is 3.96. The van der Waals surface area contributed by atoms with Gasteiger partial charge in [0.05, 0.1) is 11.0 Å². The topological polar surface area (TPSA) is 54.4 Å². The van der Waals surface area contributed by atoms with Crippen LogP contribution in [0.15, 0.2) is 35.2 Å². The first-order valence-electron chi connectivity index (χ1n) is 8.44. The number of hydrogen-bond donors (Lipinski definition) is 1. The maximum absolute atomic E-state index is 12.9. The Morgan fingerprint density at radius 3 is 2.32 bits per heavy atom. The highest BCUT2D eigenvalue weighted by Gasteiger charge is 2.65. The third-order valence-electron chi connectivity index (χ3n) is 5.00. The minimum atomic E-state index is -3.47. The fourth-order valence-electron chi connectivity index (χ4n) is 3.44. The fourth-order valence-corrected chi connectivity index (χ4v) is 5.87. The first kappa shape index (κ1) is 17.5. The lowest BCUT2D eigenvalue weighted by molar-refractivity contribution is 0.142. The molecule has 1 saturated carbocycles. The zero-order valence-electron chi connectivity index (χ0n) is 13.7. The van der Waals surface area contributed by atoms with E-state index in [1.165, 1.54) is 12.8 Å². The van der Waals surface area contributed by atoms with E-state index in [0.29, 0.717) is 17.7 Å². The maximum Gasteiger partial charge on any atom is 0.186 e. The Balaban J connectivity index is 2.06. The zero-order chi connectivity index (χ0) is 16.2. The van der Waals surface area contributed by atoms with Gasteiger partial charge in [0.2, 0.25) is 0 Å². The predicted molar refractivity (Wildman–Crippen MR) is 89.5 cm³/mol. The largest absolute Gasteiger partial charge is 0.391 e. The van der Waals surface area contributed by atoms with Crippen molar-refractivity contribution in [3.8, 4) is 0 Å². The highest BCUT2D eigenvalue weighted by Crippen LogP contribution is 2.55. The fraction of sp³-hybridized carbons (Fsp3) is 0.667. The standard InChI is InChI=1S/C18H28O3S/c1-3-4-5-6-10-13-17(19)18(14-15(18)2)22(20,21)16-11-8-7-9-12-16/h7-9,11-12,15,17,19H,3-6,10,13-14H2,1-2H3/t15-,17?,18-/m1/s1. The molecule has 2 rings (SSSR count). The maximum atomic E-state index is 12.9. The van der Waals surface area contributed by atoms with Crippen LogP contribution in [0.3, 0.4) is 0 Å². The number of aliphatic hydroxyl groups is 1. The summed E-state index contributed by atoms with van der Waals surface area (Å²) >= 11 is 0. The number of benzene rings is 1. The highest BCUT2D eigenvalue weighted by atomic mass is 32.2. The van der Waals surface area contributed by atoms with Crippen molar-refractivity contribution in [2.75, 3.05) is 0 Å². The molecule has 3 atom stereocenters. The third kappa shape index (κ3) is 3.23. The summed E-state index contributed by atoms with van der Waals surface area (Å²) in [4.78, 5) is 0.337. The van der Waals surface area contributed by atoms with Crippen molar-refractivity contribution < 1.29 is 13.5 Å². The van der Waals surface area contributed by atoms with Gasteiger partial charge in [-0.05, 0) is 30.9 Å². The van der Waals surface area contributed by atoms with Crippen LogP contribution >= 0.6 is 0 Å². The quantitative estimate of drug-likeness (QED) is 0.700. The molecular formula is C18H28O3S. The molecule has 4 heteroatoms. The molecule has 1 N–H and O–H groups in total. The lowest BCUT2D eigenvalue weighted by atomic mass is 10.0. The molecule has 0 aliphatic heterocycles. The van der Waals surface area contributed by atoms with Crippen molar-refractivity contribution >= 4 is 9.84 Å². The molecule has 0 bridgehead atoms. The van der Waals surface area contributed by atoms with E-state index in [2.05, 4.69) is 6.92 Å². The van der Waals surface area contributed by atoms with Crippen LogP contribution < -0.4 is 0 Å². The summed E-state index contributed by atoms with van der Waals surface area (Å²) < 4.78 is 24.9. The molecule has 0 aromatic heterocycles. The number of aliphatic hydroxyl groups excluding tert-OH is 1. The minimum Gasteiger partial charge on any atom is -0.391 e. The van der Waals surface area contributed by atoms with Gasteiger partial charge in [-0.25, -0.2) is 8.42 Å². The lowest BCUT2D eigenvalue weighted by Crippen LogP contribution is -2.38. The van der Waals surface area contributed by atoms with E-state index >= 15 is 0 Å². The summed E-state index contributed by atoms with van der Waals surface area (Å²) in [7, 11) is -3.47. The second kappa shape index (κ2) is 7.14. The molecule has 0 heterocycles. The van der Waals surface area contributed by atoms with Crippen LogP contribution in [0.1, 0.15) is 58.8 Å². The van der Waals surface area contributed by atoms with Gasteiger partial charge in [0.15, 0.2) is 9.84 Å². The van der Waals surface area contributed by atoms with E-state index in [-0.39, 0.29) is 5.92 Å². The summed E-state index contributed by atoms with van der Waals surface area (Å²) in [6.45, 7) is 4.10. The number of sulfone groups is 1. The molecule has 1 aromatic rings. The van der Waals surface area contributed by atoms with Gasteiger partial charge in [0.25, 0.3) is 0 Å². The van der Waals surface area contributed by atoms with Crippen molar-refractivity contribution in [3.63, 3.8) is 0 Å². The Hall–Kier alpha value is -0.870. The van der Waals surface area contributed by atoms with E-state index in [1.54, 1.807) is 24.3 Å². The van der Waals surface area contributed by atoms with Crippen LogP contribution in [0.2, 0.25) is 0 Å². The van der Waals surface area contributed by atoms with Crippen molar-refractivity contribution in [1.29, 1.82) is 0 Å². The Bertz CT molecular complexity index is 567. The molecule has 1 fully saturated rings. The molecule has 0 saturated heterocycles. The third-order valence-corrected chi connectivity index (χ3v) is 7.73. The van der Waals surface area contributed by atoms with Gasteiger partial charge in [-0.15, -0.1) is 0 Å². The second-order valence-corrected chi connectivity index (χ2v) is 8.83. The molecule has 1 unspecified atom stereocenters. The summed E-state index contributed by atoms with van der Waals surface area (Å²) in [5, 5.41) is 10.6. The summed E-state index contributed by atoms with van der Waals surface area (Å²) in [5.74, 6) is 0.0309. The second-order valence-electron chi connectivity index (χ2n) is 6.60. The van der Waals surface area contributed by atoms with Gasteiger partial charge in [-0.1, -0.05) is 64.2 Å². The molecule has 1 aromatic carbocycles. The molecule has 124 valence electrons. The van der Waals surface area contributed by atoms with E-state index < -0.39 is 20.7 Å². The van der Waals surface area contributed by atoms with Crippen LogP contribution in [0.5, 0.6) is 0 Å². The average molecular weight is 324 g/mol. The van der Waals surface area contributed by atoms with E-state index in [9.17, 15) is 13.5 Å². The van der Waals surface area contributed by atoms with Crippen molar-refractivity contribution in [2.45, 2.75) is 74.5 Å². The van der Waals surface area contributed by atoms with Crippen LogP contribution in [0, 0.1) is 5.92 Å². The van der Waals surface area contributed by atoms with E-state index in [1.807, 2.05) is 13.0 Å². The lowest BCUT2D eigenvalue weighted by Gasteiger charge is -2.24. The smallest absolute Gasteiger partial charge is 0.186 e. The van der Waals surface area contributed by atoms with Gasteiger partial charge in [-0.3, -0.25) is 0 Å². The summed E-state index contributed by atoms with van der Waals surface area (Å²) in [5.41, 5.74) is 0. The van der Waals surface area contributed by atoms with Crippen LogP contribution in [-0.4, -0.2) is 24.4 Å². The number of rotatable bonds is 9. The van der Waals surface area contributed by atoms with Crippen molar-refractivity contribution in [1.82, 2.24) is 0 Å². The SMILES string of the molecule is CCCCCCCC(O)[C@@]1(S(=O)(=O)c2ccccc2)C[C@H]1C. The Labute approximate surface area is 134 Å². The van der Waals surface area contributed by atoms with Crippen molar-refractivity contribution in [2.24, 2.45) is 5.92 Å². The zero-order valence-corrected chi connectivity index (χ0v) is 14.5. The van der Waals surface area contributed by atoms with Gasteiger partial charge in [0.1, 0.15) is 4.75 Å². The van der Waals surface area contributed by atoms with Gasteiger partial charge in [0, 0.05) is 0 Å². The molecule has 1 aliphatic carbocycles. The molecular weight excluding hydrogens is 296 g/mol. The average Bonchev–Trinajstić information content (AvgIpc) is 3.21. The minimum absolute atomic E-state index is 0.0309.